The van der Waals surface area contributed by atoms with Crippen LogP contribution < -0.4 is 10.3 Å². The molecule has 1 aromatic heterocycles. The molecule has 0 atom stereocenters. The van der Waals surface area contributed by atoms with Crippen molar-refractivity contribution in [1.29, 1.82) is 0 Å². The van der Waals surface area contributed by atoms with Crippen LogP contribution in [0.2, 0.25) is 5.02 Å². The van der Waals surface area contributed by atoms with Gasteiger partial charge in [-0.3, -0.25) is 4.79 Å². The molecule has 0 bridgehead atoms. The monoisotopic (exact) mass is 511 g/mol. The summed E-state index contributed by atoms with van der Waals surface area (Å²) in [5.41, 5.74) is 1.12. The zero-order valence-electron chi connectivity index (χ0n) is 14.8. The van der Waals surface area contributed by atoms with Crippen molar-refractivity contribution in [3.63, 3.8) is 0 Å². The van der Waals surface area contributed by atoms with Crippen molar-refractivity contribution < 1.29 is 4.74 Å². The Hall–Kier alpha value is -1.70. The number of hydrogen-bond acceptors (Lipinski definition) is 4. The van der Waals surface area contributed by atoms with Crippen molar-refractivity contribution >= 4 is 60.6 Å². The van der Waals surface area contributed by atoms with E-state index in [1.165, 1.54) is 4.68 Å². The van der Waals surface area contributed by atoms with Gasteiger partial charge in [0, 0.05) is 4.47 Å². The van der Waals surface area contributed by atoms with Crippen LogP contribution in [0, 0.1) is 6.92 Å². The van der Waals surface area contributed by atoms with Crippen LogP contribution in [0.5, 0.6) is 5.75 Å². The third kappa shape index (κ3) is 4.42. The first-order chi connectivity index (χ1) is 12.8. The summed E-state index contributed by atoms with van der Waals surface area (Å²) in [4.78, 5) is 17.2. The number of benzene rings is 2. The van der Waals surface area contributed by atoms with E-state index in [0.29, 0.717) is 27.5 Å². The van der Waals surface area contributed by atoms with E-state index in [0.717, 1.165) is 14.5 Å². The molecule has 0 fully saturated rings. The smallest absolute Gasteiger partial charge is 0.282 e. The predicted molar refractivity (Wildman–Crippen MR) is 116 cm³/mol. The molecule has 0 saturated heterocycles. The van der Waals surface area contributed by atoms with Gasteiger partial charge in [-0.25, -0.2) is 4.98 Å². The standard InChI is InChI=1S/C19H16Br2ClN3O2/c1-10(2)27-18-15(21)6-12(7-16(18)22)9-23-25-11(3)24-17-5-4-13(20)8-14(17)19(25)26/h4-10H,1-3H3. The minimum absolute atomic E-state index is 0.00235. The van der Waals surface area contributed by atoms with Crippen molar-refractivity contribution in [3.8, 4) is 5.75 Å². The molecule has 3 rings (SSSR count). The molecule has 8 heteroatoms. The summed E-state index contributed by atoms with van der Waals surface area (Å²) < 4.78 is 8.50. The molecule has 140 valence electrons. The maximum Gasteiger partial charge on any atom is 0.282 e. The molecule has 1 heterocycles. The van der Waals surface area contributed by atoms with Crippen LogP contribution in [0.4, 0.5) is 0 Å². The molecule has 0 radical (unpaired) electrons. The highest BCUT2D eigenvalue weighted by Gasteiger charge is 2.11. The number of nitrogens with zero attached hydrogens (tertiary/aromatic N) is 3. The minimum Gasteiger partial charge on any atom is -0.488 e. The average molecular weight is 514 g/mol. The lowest BCUT2D eigenvalue weighted by Crippen LogP contribution is -2.20. The van der Waals surface area contributed by atoms with Gasteiger partial charge in [-0.1, -0.05) is 27.5 Å². The first-order valence-corrected chi connectivity index (χ1v) is 10.1. The number of ether oxygens (including phenoxy) is 1. The van der Waals surface area contributed by atoms with Crippen LogP contribution in [-0.2, 0) is 0 Å². The summed E-state index contributed by atoms with van der Waals surface area (Å²) in [6, 6.07) is 8.95. The Morgan fingerprint density at radius 2 is 2.00 bits per heavy atom. The van der Waals surface area contributed by atoms with E-state index >= 15 is 0 Å². The summed E-state index contributed by atoms with van der Waals surface area (Å²) >= 11 is 13.2. The fraction of sp³-hybridized carbons (Fsp3) is 0.211. The molecule has 0 aliphatic rings. The molecule has 5 nitrogen and oxygen atoms in total. The molecule has 0 amide bonds. The Bertz CT molecular complexity index is 1090. The molecule has 3 aromatic rings. The number of hydrogen-bond donors (Lipinski definition) is 0. The largest absolute Gasteiger partial charge is 0.488 e. The number of rotatable bonds is 4. The lowest BCUT2D eigenvalue weighted by atomic mass is 10.2. The first kappa shape index (κ1) is 20.0. The summed E-state index contributed by atoms with van der Waals surface area (Å²) in [6.07, 6.45) is 1.57. The van der Waals surface area contributed by atoms with Crippen LogP contribution in [0.1, 0.15) is 25.2 Å². The molecule has 2 aromatic carbocycles. The van der Waals surface area contributed by atoms with Gasteiger partial charge in [0.15, 0.2) is 5.75 Å². The molecule has 0 aliphatic heterocycles. The van der Waals surface area contributed by atoms with Crippen LogP contribution in [0.15, 0.2) is 49.2 Å². The number of fused-ring (bicyclic) bond motifs is 1. The molecule has 0 unspecified atom stereocenters. The molecule has 0 spiro atoms. The summed E-state index contributed by atoms with van der Waals surface area (Å²) in [6.45, 7) is 5.60. The van der Waals surface area contributed by atoms with E-state index in [1.54, 1.807) is 31.3 Å². The molecule has 0 aliphatic carbocycles. The van der Waals surface area contributed by atoms with Crippen molar-refractivity contribution in [2.45, 2.75) is 26.9 Å². The first-order valence-electron chi connectivity index (χ1n) is 8.15. The second kappa shape index (κ2) is 8.12. The van der Waals surface area contributed by atoms with Gasteiger partial charge in [-0.15, -0.1) is 0 Å². The molecule has 0 N–H and O–H groups in total. The van der Waals surface area contributed by atoms with Crippen molar-refractivity contribution in [2.24, 2.45) is 5.10 Å². The quantitative estimate of drug-likeness (QED) is 0.430. The Morgan fingerprint density at radius 1 is 1.26 bits per heavy atom. The highest BCUT2D eigenvalue weighted by molar-refractivity contribution is 9.10. The van der Waals surface area contributed by atoms with E-state index < -0.39 is 0 Å². The van der Waals surface area contributed by atoms with Crippen molar-refractivity contribution in [3.05, 3.63) is 66.0 Å². The highest BCUT2D eigenvalue weighted by atomic mass is 79.9. The van der Waals surface area contributed by atoms with Gasteiger partial charge < -0.3 is 4.74 Å². The highest BCUT2D eigenvalue weighted by Crippen LogP contribution is 2.34. The van der Waals surface area contributed by atoms with Gasteiger partial charge in [0.2, 0.25) is 0 Å². The fourth-order valence-corrected chi connectivity index (χ4v) is 3.84. The molecular weight excluding hydrogens is 497 g/mol. The normalized spacial score (nSPS) is 11.7. The second-order valence-corrected chi connectivity index (χ2v) is 8.34. The molecular formula is C19H16Br2ClN3O2. The Morgan fingerprint density at radius 3 is 2.67 bits per heavy atom. The zero-order valence-corrected chi connectivity index (χ0v) is 18.8. The van der Waals surface area contributed by atoms with Crippen LogP contribution >= 0.6 is 43.5 Å². The van der Waals surface area contributed by atoms with Gasteiger partial charge in [0.1, 0.15) is 5.82 Å². The topological polar surface area (TPSA) is 56.5 Å². The Labute approximate surface area is 178 Å². The van der Waals surface area contributed by atoms with Gasteiger partial charge in [0.05, 0.1) is 32.7 Å². The van der Waals surface area contributed by atoms with Crippen LogP contribution in [0.25, 0.3) is 10.9 Å². The van der Waals surface area contributed by atoms with E-state index in [1.807, 2.05) is 26.0 Å². The maximum absolute atomic E-state index is 12.8. The fourth-order valence-electron chi connectivity index (χ4n) is 2.52. The van der Waals surface area contributed by atoms with E-state index in [9.17, 15) is 4.79 Å². The molecule has 0 saturated carbocycles. The Balaban J connectivity index is 2.03. The van der Waals surface area contributed by atoms with Crippen LogP contribution in [-0.4, -0.2) is 22.0 Å². The minimum atomic E-state index is -0.236. The summed E-state index contributed by atoms with van der Waals surface area (Å²) in [7, 11) is 0. The van der Waals surface area contributed by atoms with Gasteiger partial charge in [-0.2, -0.15) is 9.78 Å². The third-order valence-corrected chi connectivity index (χ3v) is 5.03. The van der Waals surface area contributed by atoms with Crippen LogP contribution in [0.3, 0.4) is 0 Å². The summed E-state index contributed by atoms with van der Waals surface area (Å²) in [5, 5.41) is 5.26. The second-order valence-electron chi connectivity index (χ2n) is 6.16. The number of aryl methyl sites for hydroxylation is 1. The summed E-state index contributed by atoms with van der Waals surface area (Å²) in [5.74, 6) is 1.07. The van der Waals surface area contributed by atoms with E-state index in [2.05, 4.69) is 41.9 Å². The third-order valence-electron chi connectivity index (χ3n) is 3.67. The Kier molecular flexibility index (Phi) is 6.03. The van der Waals surface area contributed by atoms with Gasteiger partial charge in [-0.05, 0) is 72.6 Å². The zero-order chi connectivity index (χ0) is 19.7. The van der Waals surface area contributed by atoms with E-state index in [-0.39, 0.29) is 11.7 Å². The predicted octanol–water partition coefficient (Wildman–Crippen LogP) is 5.55. The van der Waals surface area contributed by atoms with Gasteiger partial charge in [0.25, 0.3) is 5.56 Å². The van der Waals surface area contributed by atoms with Crippen molar-refractivity contribution in [1.82, 2.24) is 9.66 Å². The average Bonchev–Trinajstić information content (AvgIpc) is 2.58. The number of halogens is 3. The number of aromatic nitrogens is 2. The van der Waals surface area contributed by atoms with Gasteiger partial charge >= 0.3 is 0 Å². The molecule has 27 heavy (non-hydrogen) atoms. The van der Waals surface area contributed by atoms with Crippen molar-refractivity contribution in [2.75, 3.05) is 0 Å². The maximum atomic E-state index is 12.8. The lowest BCUT2D eigenvalue weighted by Gasteiger charge is -2.13. The SMILES string of the molecule is Cc1nc2ccc(Br)cc2c(=O)n1N=Cc1cc(Cl)c(OC(C)C)c(Br)c1. The van der Waals surface area contributed by atoms with E-state index in [4.69, 9.17) is 16.3 Å². The lowest BCUT2D eigenvalue weighted by molar-refractivity contribution is 0.241.